The summed E-state index contributed by atoms with van der Waals surface area (Å²) in [5.74, 6) is 0.0820. The minimum atomic E-state index is 0.0820. The van der Waals surface area contributed by atoms with Gasteiger partial charge in [0.1, 0.15) is 0 Å². The van der Waals surface area contributed by atoms with Gasteiger partial charge in [-0.3, -0.25) is 4.79 Å². The first-order chi connectivity index (χ1) is 7.65. The molecule has 0 bridgehead atoms. The topological polar surface area (TPSA) is 43.1 Å². The van der Waals surface area contributed by atoms with Crippen LogP contribution < -0.4 is 5.73 Å². The second-order valence-corrected chi connectivity index (χ2v) is 5.23. The van der Waals surface area contributed by atoms with Gasteiger partial charge < -0.3 is 5.73 Å². The number of carbonyl (C=O) groups is 1. The molecule has 0 saturated heterocycles. The lowest BCUT2D eigenvalue weighted by atomic mass is 10.1. The Labute approximate surface area is 103 Å². The number of carbonyl (C=O) groups excluding carboxylic acids is 1. The van der Waals surface area contributed by atoms with Crippen molar-refractivity contribution >= 4 is 34.4 Å². The average Bonchev–Trinajstić information content (AvgIpc) is 2.65. The van der Waals surface area contributed by atoms with Crippen LogP contribution in [0.25, 0.3) is 0 Å². The Bertz CT molecular complexity index is 504. The van der Waals surface area contributed by atoms with Gasteiger partial charge in [-0.1, -0.05) is 11.6 Å². The summed E-state index contributed by atoms with van der Waals surface area (Å²) in [6, 6.07) is 10.6. The number of thiophene rings is 1. The van der Waals surface area contributed by atoms with Gasteiger partial charge in [0.2, 0.25) is 0 Å². The predicted octanol–water partition coefficient (Wildman–Crippen LogP) is 3.41. The number of ketones is 1. The first kappa shape index (κ1) is 11.2. The van der Waals surface area contributed by atoms with E-state index in [1.165, 1.54) is 11.3 Å². The number of benzene rings is 1. The maximum Gasteiger partial charge on any atom is 0.168 e. The largest absolute Gasteiger partial charge is 0.399 e. The molecule has 0 fully saturated rings. The van der Waals surface area contributed by atoms with E-state index in [1.54, 1.807) is 30.3 Å². The molecule has 2 nitrogen and oxygen atoms in total. The molecule has 0 spiro atoms. The Hall–Kier alpha value is -1.32. The van der Waals surface area contributed by atoms with Crippen LogP contribution in [0.2, 0.25) is 4.34 Å². The van der Waals surface area contributed by atoms with Crippen molar-refractivity contribution in [2.45, 2.75) is 6.42 Å². The highest BCUT2D eigenvalue weighted by atomic mass is 35.5. The highest BCUT2D eigenvalue weighted by molar-refractivity contribution is 7.16. The fourth-order valence-corrected chi connectivity index (χ4v) is 2.46. The van der Waals surface area contributed by atoms with Gasteiger partial charge in [0.25, 0.3) is 0 Å². The highest BCUT2D eigenvalue weighted by Crippen LogP contribution is 2.22. The van der Waals surface area contributed by atoms with E-state index >= 15 is 0 Å². The molecule has 1 aromatic carbocycles. The second-order valence-electron chi connectivity index (χ2n) is 3.43. The molecule has 4 heteroatoms. The zero-order valence-corrected chi connectivity index (χ0v) is 10.0. The average molecular weight is 252 g/mol. The standard InChI is InChI=1S/C12H10ClNOS/c13-12-6-5-10(16-12)7-11(15)8-1-3-9(14)4-2-8/h1-6H,7,14H2. The van der Waals surface area contributed by atoms with Crippen molar-refractivity contribution in [3.63, 3.8) is 0 Å². The molecule has 82 valence electrons. The number of rotatable bonds is 3. The summed E-state index contributed by atoms with van der Waals surface area (Å²) >= 11 is 7.24. The molecule has 0 aliphatic carbocycles. The van der Waals surface area contributed by atoms with Gasteiger partial charge in [0.15, 0.2) is 5.78 Å². The van der Waals surface area contributed by atoms with Crippen molar-refractivity contribution in [3.8, 4) is 0 Å². The molecule has 2 N–H and O–H groups in total. The highest BCUT2D eigenvalue weighted by Gasteiger charge is 2.08. The summed E-state index contributed by atoms with van der Waals surface area (Å²) in [6.45, 7) is 0. The van der Waals surface area contributed by atoms with Gasteiger partial charge in [-0.15, -0.1) is 11.3 Å². The third-order valence-corrected chi connectivity index (χ3v) is 3.43. The lowest BCUT2D eigenvalue weighted by molar-refractivity contribution is 0.0994. The molecule has 0 atom stereocenters. The fourth-order valence-electron chi connectivity index (χ4n) is 1.38. The minimum Gasteiger partial charge on any atom is -0.399 e. The van der Waals surface area contributed by atoms with Crippen molar-refractivity contribution in [3.05, 3.63) is 51.2 Å². The van der Waals surface area contributed by atoms with Crippen molar-refractivity contribution in [1.29, 1.82) is 0 Å². The molecular formula is C12H10ClNOS. The van der Waals surface area contributed by atoms with E-state index < -0.39 is 0 Å². The number of nitrogens with two attached hydrogens (primary N) is 1. The van der Waals surface area contributed by atoms with E-state index in [1.807, 2.05) is 6.07 Å². The van der Waals surface area contributed by atoms with E-state index in [-0.39, 0.29) is 5.78 Å². The summed E-state index contributed by atoms with van der Waals surface area (Å²) in [4.78, 5) is 12.8. The Balaban J connectivity index is 2.11. The molecule has 0 saturated carbocycles. The number of hydrogen-bond acceptors (Lipinski definition) is 3. The Morgan fingerprint density at radius 2 is 1.88 bits per heavy atom. The summed E-state index contributed by atoms with van der Waals surface area (Å²) in [6.07, 6.45) is 0.390. The fraction of sp³-hybridized carbons (Fsp3) is 0.0833. The van der Waals surface area contributed by atoms with Gasteiger partial charge in [0, 0.05) is 22.5 Å². The van der Waals surface area contributed by atoms with Crippen LogP contribution in [0.3, 0.4) is 0 Å². The maximum atomic E-state index is 11.9. The minimum absolute atomic E-state index is 0.0820. The van der Waals surface area contributed by atoms with Crippen molar-refractivity contribution in [1.82, 2.24) is 0 Å². The Morgan fingerprint density at radius 3 is 2.44 bits per heavy atom. The second kappa shape index (κ2) is 4.68. The van der Waals surface area contributed by atoms with Gasteiger partial charge in [0.05, 0.1) is 4.34 Å². The van der Waals surface area contributed by atoms with Crippen molar-refractivity contribution in [2.75, 3.05) is 5.73 Å². The molecule has 1 heterocycles. The molecule has 0 aliphatic heterocycles. The normalized spacial score (nSPS) is 10.3. The number of nitrogen functional groups attached to an aromatic ring is 1. The maximum absolute atomic E-state index is 11.9. The van der Waals surface area contributed by atoms with Crippen LogP contribution in [-0.2, 0) is 6.42 Å². The number of hydrogen-bond donors (Lipinski definition) is 1. The van der Waals surface area contributed by atoms with Crippen LogP contribution in [0.15, 0.2) is 36.4 Å². The SMILES string of the molecule is Nc1ccc(C(=O)Cc2ccc(Cl)s2)cc1. The third-order valence-electron chi connectivity index (χ3n) is 2.20. The molecule has 16 heavy (non-hydrogen) atoms. The van der Waals surface area contributed by atoms with Gasteiger partial charge in [-0.2, -0.15) is 0 Å². The van der Waals surface area contributed by atoms with Crippen molar-refractivity contribution < 1.29 is 4.79 Å². The lowest BCUT2D eigenvalue weighted by Crippen LogP contribution is -2.02. The summed E-state index contributed by atoms with van der Waals surface area (Å²) in [7, 11) is 0. The molecule has 2 aromatic rings. The zero-order chi connectivity index (χ0) is 11.5. The van der Waals surface area contributed by atoms with Crippen LogP contribution in [-0.4, -0.2) is 5.78 Å². The van der Waals surface area contributed by atoms with Crippen molar-refractivity contribution in [2.24, 2.45) is 0 Å². The zero-order valence-electron chi connectivity index (χ0n) is 8.44. The summed E-state index contributed by atoms with van der Waals surface area (Å²) < 4.78 is 0.708. The van der Waals surface area contributed by atoms with E-state index in [4.69, 9.17) is 17.3 Å². The quantitative estimate of drug-likeness (QED) is 0.671. The van der Waals surface area contributed by atoms with E-state index in [9.17, 15) is 4.79 Å². The molecule has 2 rings (SSSR count). The Morgan fingerprint density at radius 1 is 1.19 bits per heavy atom. The van der Waals surface area contributed by atoms with Gasteiger partial charge >= 0.3 is 0 Å². The summed E-state index contributed by atoms with van der Waals surface area (Å²) in [5, 5.41) is 0. The van der Waals surface area contributed by atoms with Crippen LogP contribution in [0.1, 0.15) is 15.2 Å². The smallest absolute Gasteiger partial charge is 0.168 e. The molecule has 0 aliphatic rings. The first-order valence-electron chi connectivity index (χ1n) is 4.78. The van der Waals surface area contributed by atoms with Crippen LogP contribution in [0.5, 0.6) is 0 Å². The Kier molecular flexibility index (Phi) is 3.27. The first-order valence-corrected chi connectivity index (χ1v) is 5.97. The molecular weight excluding hydrogens is 242 g/mol. The molecule has 0 unspecified atom stereocenters. The molecule has 1 aromatic heterocycles. The number of halogens is 1. The lowest BCUT2D eigenvalue weighted by Gasteiger charge is -1.99. The van der Waals surface area contributed by atoms with Crippen LogP contribution in [0, 0.1) is 0 Å². The van der Waals surface area contributed by atoms with Gasteiger partial charge in [-0.05, 0) is 36.4 Å². The van der Waals surface area contributed by atoms with Crippen LogP contribution >= 0.6 is 22.9 Å². The van der Waals surface area contributed by atoms with E-state index in [0.29, 0.717) is 22.0 Å². The van der Waals surface area contributed by atoms with E-state index in [2.05, 4.69) is 0 Å². The third kappa shape index (κ3) is 2.62. The molecule has 0 radical (unpaired) electrons. The van der Waals surface area contributed by atoms with E-state index in [0.717, 1.165) is 4.88 Å². The molecule has 0 amide bonds. The van der Waals surface area contributed by atoms with Gasteiger partial charge in [-0.25, -0.2) is 0 Å². The monoisotopic (exact) mass is 251 g/mol. The van der Waals surface area contributed by atoms with Crippen LogP contribution in [0.4, 0.5) is 5.69 Å². The summed E-state index contributed by atoms with van der Waals surface area (Å²) in [5.41, 5.74) is 6.90. The predicted molar refractivity (Wildman–Crippen MR) is 68.2 cm³/mol. The number of Topliss-reactive ketones (excluding diaryl/α,β-unsaturated/α-hetero) is 1. The number of anilines is 1.